The lowest BCUT2D eigenvalue weighted by atomic mass is 10.1. The second-order valence-electron chi connectivity index (χ2n) is 5.19. The Kier molecular flexibility index (Phi) is 5.06. The van der Waals surface area contributed by atoms with Gasteiger partial charge in [0.2, 0.25) is 5.91 Å². The number of nitrogens with zero attached hydrogens (tertiary/aromatic N) is 1. The summed E-state index contributed by atoms with van der Waals surface area (Å²) in [6.07, 6.45) is 3.59. The van der Waals surface area contributed by atoms with Gasteiger partial charge in [-0.2, -0.15) is 0 Å². The van der Waals surface area contributed by atoms with Crippen LogP contribution < -0.4 is 0 Å². The minimum Gasteiger partial charge on any atom is -0.394 e. The average molecular weight is 283 g/mol. The molecule has 5 heteroatoms. The molecule has 1 aliphatic heterocycles. The molecule has 1 fully saturated rings. The molecular weight excluding hydrogens is 264 g/mol. The number of rotatable bonds is 3. The molecule has 1 heterocycles. The highest BCUT2D eigenvalue weighted by atomic mass is 19.1. The lowest BCUT2D eigenvalue weighted by Gasteiger charge is -2.28. The molecule has 1 saturated heterocycles. The van der Waals surface area contributed by atoms with Gasteiger partial charge < -0.3 is 10.0 Å². The third kappa shape index (κ3) is 3.54. The van der Waals surface area contributed by atoms with Gasteiger partial charge in [-0.1, -0.05) is 18.9 Å². The van der Waals surface area contributed by atoms with Crippen LogP contribution >= 0.6 is 0 Å². The van der Waals surface area contributed by atoms with Crippen LogP contribution in [-0.2, 0) is 11.2 Å². The first kappa shape index (κ1) is 14.9. The summed E-state index contributed by atoms with van der Waals surface area (Å²) in [5.74, 6) is -1.56. The van der Waals surface area contributed by atoms with Gasteiger partial charge in [0.05, 0.1) is 19.1 Å². The standard InChI is InChI=1S/C15H19F2NO2/c16-12-6-5-11(14(17)9-12)8-15(20)18-7-3-1-2-4-13(18)10-19/h5-6,9,13,19H,1-4,7-8,10H2. The first-order valence-corrected chi connectivity index (χ1v) is 6.96. The summed E-state index contributed by atoms with van der Waals surface area (Å²) in [5, 5.41) is 9.37. The number of likely N-dealkylation sites (tertiary alicyclic amines) is 1. The fourth-order valence-electron chi connectivity index (χ4n) is 2.62. The predicted octanol–water partition coefficient (Wildman–Crippen LogP) is 2.27. The first-order chi connectivity index (χ1) is 9.61. The highest BCUT2D eigenvalue weighted by Gasteiger charge is 2.25. The van der Waals surface area contributed by atoms with Gasteiger partial charge in [0.25, 0.3) is 0 Å². The lowest BCUT2D eigenvalue weighted by Crippen LogP contribution is -2.43. The number of hydrogen-bond acceptors (Lipinski definition) is 2. The summed E-state index contributed by atoms with van der Waals surface area (Å²) in [4.78, 5) is 13.9. The topological polar surface area (TPSA) is 40.5 Å². The van der Waals surface area contributed by atoms with Crippen LogP contribution in [0.25, 0.3) is 0 Å². The average Bonchev–Trinajstić information content (AvgIpc) is 2.67. The summed E-state index contributed by atoms with van der Waals surface area (Å²) in [6, 6.07) is 3.05. The zero-order valence-electron chi connectivity index (χ0n) is 11.3. The fourth-order valence-corrected chi connectivity index (χ4v) is 2.62. The molecule has 1 atom stereocenters. The Morgan fingerprint density at radius 3 is 2.80 bits per heavy atom. The number of halogens is 2. The molecule has 1 aromatic rings. The van der Waals surface area contributed by atoms with Crippen LogP contribution in [-0.4, -0.2) is 35.1 Å². The minimum atomic E-state index is -0.700. The maximum absolute atomic E-state index is 13.6. The molecule has 110 valence electrons. The molecule has 0 radical (unpaired) electrons. The van der Waals surface area contributed by atoms with Crippen molar-refractivity contribution in [1.82, 2.24) is 4.90 Å². The van der Waals surface area contributed by atoms with Crippen molar-refractivity contribution in [2.24, 2.45) is 0 Å². The van der Waals surface area contributed by atoms with Gasteiger partial charge >= 0.3 is 0 Å². The molecule has 0 bridgehead atoms. The van der Waals surface area contributed by atoms with Gasteiger partial charge in [0.1, 0.15) is 11.6 Å². The van der Waals surface area contributed by atoms with E-state index in [4.69, 9.17) is 0 Å². The number of amides is 1. The van der Waals surface area contributed by atoms with E-state index in [1.807, 2.05) is 0 Å². The van der Waals surface area contributed by atoms with Crippen molar-refractivity contribution in [3.63, 3.8) is 0 Å². The molecule has 1 unspecified atom stereocenters. The molecule has 0 saturated carbocycles. The maximum Gasteiger partial charge on any atom is 0.227 e. The Hall–Kier alpha value is -1.49. The molecule has 2 rings (SSSR count). The van der Waals surface area contributed by atoms with E-state index in [1.54, 1.807) is 4.90 Å². The Labute approximate surface area is 117 Å². The Morgan fingerprint density at radius 2 is 2.10 bits per heavy atom. The minimum absolute atomic E-state index is 0.0718. The zero-order chi connectivity index (χ0) is 14.5. The fraction of sp³-hybridized carbons (Fsp3) is 0.533. The Bertz CT molecular complexity index is 479. The highest BCUT2D eigenvalue weighted by Crippen LogP contribution is 2.19. The Balaban J connectivity index is 2.09. The second kappa shape index (κ2) is 6.79. The monoisotopic (exact) mass is 283 g/mol. The molecule has 1 amide bonds. The first-order valence-electron chi connectivity index (χ1n) is 6.96. The van der Waals surface area contributed by atoms with Crippen LogP contribution in [0.15, 0.2) is 18.2 Å². The zero-order valence-corrected chi connectivity index (χ0v) is 11.3. The van der Waals surface area contributed by atoms with Gasteiger partial charge in [0, 0.05) is 12.6 Å². The van der Waals surface area contributed by atoms with E-state index in [1.165, 1.54) is 6.07 Å². The second-order valence-corrected chi connectivity index (χ2v) is 5.19. The van der Waals surface area contributed by atoms with E-state index >= 15 is 0 Å². The van der Waals surface area contributed by atoms with Crippen LogP contribution in [0.5, 0.6) is 0 Å². The van der Waals surface area contributed by atoms with Crippen molar-refractivity contribution in [2.45, 2.75) is 38.1 Å². The maximum atomic E-state index is 13.6. The lowest BCUT2D eigenvalue weighted by molar-refractivity contribution is -0.133. The highest BCUT2D eigenvalue weighted by molar-refractivity contribution is 5.79. The van der Waals surface area contributed by atoms with Crippen molar-refractivity contribution < 1.29 is 18.7 Å². The largest absolute Gasteiger partial charge is 0.394 e. The normalized spacial score (nSPS) is 19.8. The van der Waals surface area contributed by atoms with Gasteiger partial charge in [-0.05, 0) is 24.5 Å². The predicted molar refractivity (Wildman–Crippen MR) is 71.1 cm³/mol. The number of hydrogen-bond donors (Lipinski definition) is 1. The van der Waals surface area contributed by atoms with Crippen molar-refractivity contribution >= 4 is 5.91 Å². The van der Waals surface area contributed by atoms with Gasteiger partial charge in [-0.3, -0.25) is 4.79 Å². The van der Waals surface area contributed by atoms with E-state index in [0.717, 1.165) is 37.8 Å². The number of carbonyl (C=O) groups excluding carboxylic acids is 1. The van der Waals surface area contributed by atoms with E-state index in [2.05, 4.69) is 0 Å². The van der Waals surface area contributed by atoms with E-state index in [-0.39, 0.29) is 30.5 Å². The molecule has 1 aliphatic rings. The van der Waals surface area contributed by atoms with Crippen LogP contribution in [0, 0.1) is 11.6 Å². The van der Waals surface area contributed by atoms with Gasteiger partial charge in [-0.25, -0.2) is 8.78 Å². The Morgan fingerprint density at radius 1 is 1.30 bits per heavy atom. The van der Waals surface area contributed by atoms with E-state index in [0.29, 0.717) is 6.54 Å². The summed E-state index contributed by atoms with van der Waals surface area (Å²) < 4.78 is 26.4. The number of aliphatic hydroxyl groups excluding tert-OH is 1. The molecule has 0 spiro atoms. The van der Waals surface area contributed by atoms with Crippen LogP contribution in [0.3, 0.4) is 0 Å². The van der Waals surface area contributed by atoms with E-state index in [9.17, 15) is 18.7 Å². The van der Waals surface area contributed by atoms with Crippen LogP contribution in [0.4, 0.5) is 8.78 Å². The molecule has 3 nitrogen and oxygen atoms in total. The van der Waals surface area contributed by atoms with Crippen molar-refractivity contribution in [1.29, 1.82) is 0 Å². The summed E-state index contributed by atoms with van der Waals surface area (Å²) in [6.45, 7) is 0.518. The molecule has 1 N–H and O–H groups in total. The molecular formula is C15H19F2NO2. The van der Waals surface area contributed by atoms with Gasteiger partial charge in [0.15, 0.2) is 0 Å². The molecule has 0 aliphatic carbocycles. The SMILES string of the molecule is O=C(Cc1ccc(F)cc1F)N1CCCCCC1CO. The summed E-state index contributed by atoms with van der Waals surface area (Å²) in [7, 11) is 0. The molecule has 1 aromatic carbocycles. The smallest absolute Gasteiger partial charge is 0.227 e. The van der Waals surface area contributed by atoms with E-state index < -0.39 is 11.6 Å². The number of carbonyl (C=O) groups is 1. The number of aliphatic hydroxyl groups is 1. The van der Waals surface area contributed by atoms with Crippen molar-refractivity contribution in [3.05, 3.63) is 35.4 Å². The molecule has 20 heavy (non-hydrogen) atoms. The molecule has 0 aromatic heterocycles. The van der Waals surface area contributed by atoms with Gasteiger partial charge in [-0.15, -0.1) is 0 Å². The third-order valence-electron chi connectivity index (χ3n) is 3.77. The quantitative estimate of drug-likeness (QED) is 0.924. The third-order valence-corrected chi connectivity index (χ3v) is 3.77. The summed E-state index contributed by atoms with van der Waals surface area (Å²) >= 11 is 0. The van der Waals surface area contributed by atoms with Crippen molar-refractivity contribution in [2.75, 3.05) is 13.2 Å². The summed E-state index contributed by atoms with van der Waals surface area (Å²) in [5.41, 5.74) is 0.192. The van der Waals surface area contributed by atoms with Crippen molar-refractivity contribution in [3.8, 4) is 0 Å². The van der Waals surface area contributed by atoms with Crippen LogP contribution in [0.2, 0.25) is 0 Å². The number of benzene rings is 1. The van der Waals surface area contributed by atoms with Crippen LogP contribution in [0.1, 0.15) is 31.2 Å².